The molecule has 0 unspecified atom stereocenters. The standard InChI is InChI=1S/C19H22ClN3O5/c1-12-6-4-5-9-19(12)17(26)23(18(27)22-19)10-16(25)28-11-15(24)21-14-8-3-2-7-13(14)20/h2-3,7-8,12H,4-6,9-11H2,1H3,(H,21,24)(H,22,27)/t12-,19-/m0/s1. The molecule has 1 aliphatic heterocycles. The lowest BCUT2D eigenvalue weighted by molar-refractivity contribution is -0.150. The number of para-hydroxylation sites is 1. The van der Waals surface area contributed by atoms with Crippen molar-refractivity contribution in [1.29, 1.82) is 0 Å². The maximum absolute atomic E-state index is 12.8. The summed E-state index contributed by atoms with van der Waals surface area (Å²) in [6, 6.07) is 6.04. The summed E-state index contributed by atoms with van der Waals surface area (Å²) in [7, 11) is 0. The number of nitrogens with one attached hydrogen (secondary N) is 2. The molecule has 3 rings (SSSR count). The fourth-order valence-electron chi connectivity index (χ4n) is 3.71. The van der Waals surface area contributed by atoms with Gasteiger partial charge in [0.25, 0.3) is 11.8 Å². The lowest BCUT2D eigenvalue weighted by atomic mass is 9.73. The van der Waals surface area contributed by atoms with Gasteiger partial charge in [-0.25, -0.2) is 4.79 Å². The van der Waals surface area contributed by atoms with Gasteiger partial charge in [-0.05, 0) is 30.9 Å². The number of ether oxygens (including phenoxy) is 1. The number of esters is 1. The second-order valence-electron chi connectivity index (χ2n) is 7.13. The molecule has 2 atom stereocenters. The summed E-state index contributed by atoms with van der Waals surface area (Å²) in [6.45, 7) is 0.853. The van der Waals surface area contributed by atoms with Crippen molar-refractivity contribution >= 4 is 41.1 Å². The molecule has 1 heterocycles. The third-order valence-corrected chi connectivity index (χ3v) is 5.63. The van der Waals surface area contributed by atoms with E-state index in [1.807, 2.05) is 6.92 Å². The minimum atomic E-state index is -0.933. The number of amides is 4. The van der Waals surface area contributed by atoms with Crippen LogP contribution in [0.5, 0.6) is 0 Å². The van der Waals surface area contributed by atoms with Crippen LogP contribution < -0.4 is 10.6 Å². The lowest BCUT2D eigenvalue weighted by Crippen LogP contribution is -2.54. The van der Waals surface area contributed by atoms with Gasteiger partial charge >= 0.3 is 12.0 Å². The third-order valence-electron chi connectivity index (χ3n) is 5.30. The zero-order valence-electron chi connectivity index (χ0n) is 15.5. The van der Waals surface area contributed by atoms with Crippen LogP contribution >= 0.6 is 11.6 Å². The number of nitrogens with zero attached hydrogens (tertiary/aromatic N) is 1. The Hall–Kier alpha value is -2.61. The maximum Gasteiger partial charge on any atom is 0.326 e. The molecule has 0 radical (unpaired) electrons. The molecule has 150 valence electrons. The van der Waals surface area contributed by atoms with Crippen LogP contribution in [-0.4, -0.2) is 47.4 Å². The van der Waals surface area contributed by atoms with Crippen molar-refractivity contribution in [3.8, 4) is 0 Å². The van der Waals surface area contributed by atoms with E-state index in [0.29, 0.717) is 17.1 Å². The van der Waals surface area contributed by atoms with Gasteiger partial charge in [0.2, 0.25) is 0 Å². The predicted molar refractivity (Wildman–Crippen MR) is 102 cm³/mol. The molecule has 28 heavy (non-hydrogen) atoms. The van der Waals surface area contributed by atoms with Crippen molar-refractivity contribution in [2.75, 3.05) is 18.5 Å². The number of anilines is 1. The van der Waals surface area contributed by atoms with Crippen LogP contribution in [0.25, 0.3) is 0 Å². The van der Waals surface area contributed by atoms with Crippen LogP contribution in [0.3, 0.4) is 0 Å². The maximum atomic E-state index is 12.8. The second kappa shape index (κ2) is 8.18. The van der Waals surface area contributed by atoms with E-state index in [4.69, 9.17) is 16.3 Å². The van der Waals surface area contributed by atoms with E-state index < -0.39 is 42.5 Å². The van der Waals surface area contributed by atoms with Crippen LogP contribution in [0.1, 0.15) is 32.6 Å². The van der Waals surface area contributed by atoms with Crippen LogP contribution in [0, 0.1) is 5.92 Å². The SMILES string of the molecule is C[C@H]1CCCC[C@]12NC(=O)N(CC(=O)OCC(=O)Nc1ccccc1Cl)C2=O. The Morgan fingerprint density at radius 1 is 1.32 bits per heavy atom. The van der Waals surface area contributed by atoms with Gasteiger partial charge in [-0.1, -0.05) is 43.5 Å². The molecule has 2 aliphatic rings. The van der Waals surface area contributed by atoms with Crippen molar-refractivity contribution in [2.45, 2.75) is 38.1 Å². The number of urea groups is 1. The number of hydrogen-bond acceptors (Lipinski definition) is 5. The molecule has 1 aromatic carbocycles. The van der Waals surface area contributed by atoms with Crippen LogP contribution in [-0.2, 0) is 19.1 Å². The lowest BCUT2D eigenvalue weighted by Gasteiger charge is -2.36. The second-order valence-corrected chi connectivity index (χ2v) is 7.54. The van der Waals surface area contributed by atoms with Crippen LogP contribution in [0.4, 0.5) is 10.5 Å². The molecule has 2 fully saturated rings. The van der Waals surface area contributed by atoms with E-state index >= 15 is 0 Å². The fourth-order valence-corrected chi connectivity index (χ4v) is 3.89. The largest absolute Gasteiger partial charge is 0.454 e. The molecule has 1 saturated carbocycles. The minimum Gasteiger partial charge on any atom is -0.454 e. The van der Waals surface area contributed by atoms with Gasteiger partial charge in [-0.2, -0.15) is 0 Å². The molecule has 0 aromatic heterocycles. The van der Waals surface area contributed by atoms with Gasteiger partial charge in [-0.15, -0.1) is 0 Å². The fraction of sp³-hybridized carbons (Fsp3) is 0.474. The highest BCUT2D eigenvalue weighted by atomic mass is 35.5. The summed E-state index contributed by atoms with van der Waals surface area (Å²) >= 11 is 5.95. The molecule has 1 aliphatic carbocycles. The van der Waals surface area contributed by atoms with E-state index in [9.17, 15) is 19.2 Å². The Kier molecular flexibility index (Phi) is 5.88. The van der Waals surface area contributed by atoms with Crippen LogP contribution in [0.2, 0.25) is 5.02 Å². The van der Waals surface area contributed by atoms with E-state index in [2.05, 4.69) is 10.6 Å². The third kappa shape index (κ3) is 3.96. The molecule has 1 saturated heterocycles. The Labute approximate surface area is 167 Å². The first-order valence-corrected chi connectivity index (χ1v) is 9.55. The molecule has 0 bridgehead atoms. The number of carbonyl (C=O) groups excluding carboxylic acids is 4. The summed E-state index contributed by atoms with van der Waals surface area (Å²) in [5.41, 5.74) is -0.538. The average molecular weight is 408 g/mol. The number of imide groups is 1. The number of carbonyl (C=O) groups is 4. The quantitative estimate of drug-likeness (QED) is 0.575. The molecular formula is C19H22ClN3O5. The van der Waals surface area contributed by atoms with Gasteiger partial charge in [-0.3, -0.25) is 19.3 Å². The van der Waals surface area contributed by atoms with E-state index in [0.717, 1.165) is 24.2 Å². The Balaban J connectivity index is 1.53. The van der Waals surface area contributed by atoms with E-state index in [1.54, 1.807) is 24.3 Å². The van der Waals surface area contributed by atoms with Gasteiger partial charge in [0.1, 0.15) is 12.1 Å². The van der Waals surface area contributed by atoms with Gasteiger partial charge in [0.05, 0.1) is 10.7 Å². The topological polar surface area (TPSA) is 105 Å². The summed E-state index contributed by atoms with van der Waals surface area (Å²) in [5, 5.41) is 5.64. The van der Waals surface area contributed by atoms with E-state index in [-0.39, 0.29) is 5.92 Å². The molecule has 4 amide bonds. The number of rotatable bonds is 5. The first-order valence-electron chi connectivity index (χ1n) is 9.17. The number of hydrogen-bond donors (Lipinski definition) is 2. The molecule has 9 heteroatoms. The molecule has 1 spiro atoms. The van der Waals surface area contributed by atoms with Crippen molar-refractivity contribution in [3.63, 3.8) is 0 Å². The minimum absolute atomic E-state index is 0.000110. The highest BCUT2D eigenvalue weighted by molar-refractivity contribution is 6.33. The monoisotopic (exact) mass is 407 g/mol. The summed E-state index contributed by atoms with van der Waals surface area (Å²) < 4.78 is 4.91. The summed E-state index contributed by atoms with van der Waals surface area (Å²) in [4.78, 5) is 49.9. The Bertz CT molecular complexity index is 815. The van der Waals surface area contributed by atoms with Gasteiger partial charge in [0, 0.05) is 0 Å². The molecule has 8 nitrogen and oxygen atoms in total. The van der Waals surface area contributed by atoms with Crippen molar-refractivity contribution < 1.29 is 23.9 Å². The summed E-state index contributed by atoms with van der Waals surface area (Å²) in [6.07, 6.45) is 3.25. The average Bonchev–Trinajstić information content (AvgIpc) is 2.89. The van der Waals surface area contributed by atoms with Crippen molar-refractivity contribution in [1.82, 2.24) is 10.2 Å². The van der Waals surface area contributed by atoms with Gasteiger partial charge < -0.3 is 15.4 Å². The van der Waals surface area contributed by atoms with Crippen molar-refractivity contribution in [2.24, 2.45) is 5.92 Å². The van der Waals surface area contributed by atoms with E-state index in [1.165, 1.54) is 0 Å². The zero-order chi connectivity index (χ0) is 20.3. The Morgan fingerprint density at radius 3 is 2.79 bits per heavy atom. The highest BCUT2D eigenvalue weighted by Gasteiger charge is 2.55. The predicted octanol–water partition coefficient (Wildman–Crippen LogP) is 2.32. The molecule has 2 N–H and O–H groups in total. The zero-order valence-corrected chi connectivity index (χ0v) is 16.3. The smallest absolute Gasteiger partial charge is 0.326 e. The number of benzene rings is 1. The van der Waals surface area contributed by atoms with Gasteiger partial charge in [0.15, 0.2) is 6.61 Å². The Morgan fingerprint density at radius 2 is 2.07 bits per heavy atom. The number of halogens is 1. The molecular weight excluding hydrogens is 386 g/mol. The first-order chi connectivity index (χ1) is 13.3. The van der Waals surface area contributed by atoms with Crippen LogP contribution in [0.15, 0.2) is 24.3 Å². The van der Waals surface area contributed by atoms with Crippen molar-refractivity contribution in [3.05, 3.63) is 29.3 Å². The summed E-state index contributed by atoms with van der Waals surface area (Å²) in [5.74, 6) is -1.81. The highest BCUT2D eigenvalue weighted by Crippen LogP contribution is 2.38. The molecule has 1 aromatic rings. The normalized spacial score (nSPS) is 24.2. The first kappa shape index (κ1) is 20.1.